The molecule has 1 N–H and O–H groups in total. The van der Waals surface area contributed by atoms with E-state index in [1.54, 1.807) is 7.11 Å². The van der Waals surface area contributed by atoms with Crippen molar-refractivity contribution in [2.45, 2.75) is 33.1 Å². The van der Waals surface area contributed by atoms with Gasteiger partial charge in [-0.25, -0.2) is 0 Å². The highest BCUT2D eigenvalue weighted by molar-refractivity contribution is 7.80. The molecule has 0 saturated carbocycles. The molecule has 0 saturated heterocycles. The third kappa shape index (κ3) is 3.66. The first kappa shape index (κ1) is 15.4. The number of aryl methyl sites for hydroxylation is 2. The van der Waals surface area contributed by atoms with Gasteiger partial charge in [0.05, 0.1) is 7.11 Å². The fraction of sp³-hybridized carbons (Fsp3) is 0.600. The van der Waals surface area contributed by atoms with Gasteiger partial charge in [-0.05, 0) is 31.0 Å². The normalized spacial score (nSPS) is 11.7. The number of hydrogen-bond donors (Lipinski definition) is 2. The van der Waals surface area contributed by atoms with E-state index in [4.69, 9.17) is 4.74 Å². The molecule has 0 radical (unpaired) electrons. The average molecular weight is 267 g/mol. The Bertz CT molecular complexity index is 402. The predicted molar refractivity (Wildman–Crippen MR) is 82.2 cm³/mol. The first-order valence-corrected chi connectivity index (χ1v) is 7.03. The van der Waals surface area contributed by atoms with Crippen LogP contribution in [-0.4, -0.2) is 26.0 Å². The van der Waals surface area contributed by atoms with Crippen molar-refractivity contribution < 1.29 is 4.74 Å². The standard InChI is InChI=1S/C15H25NOS/c1-11-8-13(14(17-5)9-12(11)2)15(3,4)10-16-6-7-18/h8-9,16,18H,6-7,10H2,1-5H3. The predicted octanol–water partition coefficient (Wildman–Crippen LogP) is 3.11. The number of ether oxygens (including phenoxy) is 1. The van der Waals surface area contributed by atoms with Gasteiger partial charge in [0, 0.05) is 29.8 Å². The van der Waals surface area contributed by atoms with Crippen LogP contribution >= 0.6 is 12.6 Å². The van der Waals surface area contributed by atoms with Gasteiger partial charge in [0.25, 0.3) is 0 Å². The average Bonchev–Trinajstić information content (AvgIpc) is 2.32. The first-order valence-electron chi connectivity index (χ1n) is 6.39. The summed E-state index contributed by atoms with van der Waals surface area (Å²) in [6.45, 7) is 10.6. The van der Waals surface area contributed by atoms with Crippen LogP contribution in [0.25, 0.3) is 0 Å². The topological polar surface area (TPSA) is 21.3 Å². The van der Waals surface area contributed by atoms with Crippen LogP contribution < -0.4 is 10.1 Å². The van der Waals surface area contributed by atoms with Crippen LogP contribution in [0.5, 0.6) is 5.75 Å². The highest BCUT2D eigenvalue weighted by Crippen LogP contribution is 2.33. The summed E-state index contributed by atoms with van der Waals surface area (Å²) < 4.78 is 5.53. The minimum atomic E-state index is 0.0484. The Labute approximate surface area is 117 Å². The molecule has 0 aliphatic heterocycles. The third-order valence-electron chi connectivity index (χ3n) is 3.40. The van der Waals surface area contributed by atoms with Crippen molar-refractivity contribution in [1.29, 1.82) is 0 Å². The van der Waals surface area contributed by atoms with E-state index in [2.05, 4.69) is 57.8 Å². The summed E-state index contributed by atoms with van der Waals surface area (Å²) in [6, 6.07) is 4.38. The Hall–Kier alpha value is -0.670. The van der Waals surface area contributed by atoms with Crippen LogP contribution in [0.2, 0.25) is 0 Å². The van der Waals surface area contributed by atoms with Crippen LogP contribution in [0, 0.1) is 13.8 Å². The van der Waals surface area contributed by atoms with Crippen molar-refractivity contribution in [3.8, 4) is 5.75 Å². The van der Waals surface area contributed by atoms with Gasteiger partial charge in [-0.3, -0.25) is 0 Å². The number of hydrogen-bond acceptors (Lipinski definition) is 3. The summed E-state index contributed by atoms with van der Waals surface area (Å²) in [4.78, 5) is 0. The van der Waals surface area contributed by atoms with Crippen LogP contribution in [0.3, 0.4) is 0 Å². The molecule has 0 fully saturated rings. The van der Waals surface area contributed by atoms with Crippen molar-refractivity contribution in [3.63, 3.8) is 0 Å². The smallest absolute Gasteiger partial charge is 0.122 e. The van der Waals surface area contributed by atoms with Gasteiger partial charge < -0.3 is 10.1 Å². The molecule has 1 rings (SSSR count). The second-order valence-electron chi connectivity index (χ2n) is 5.42. The Morgan fingerprint density at radius 2 is 1.83 bits per heavy atom. The highest BCUT2D eigenvalue weighted by Gasteiger charge is 2.24. The van der Waals surface area contributed by atoms with E-state index in [0.717, 1.165) is 24.6 Å². The van der Waals surface area contributed by atoms with Crippen molar-refractivity contribution in [3.05, 3.63) is 28.8 Å². The van der Waals surface area contributed by atoms with Gasteiger partial charge in [0.1, 0.15) is 5.75 Å². The maximum atomic E-state index is 5.53. The monoisotopic (exact) mass is 267 g/mol. The Morgan fingerprint density at radius 3 is 2.39 bits per heavy atom. The zero-order chi connectivity index (χ0) is 13.8. The lowest BCUT2D eigenvalue weighted by Gasteiger charge is -2.28. The summed E-state index contributed by atoms with van der Waals surface area (Å²) in [5.41, 5.74) is 3.90. The van der Waals surface area contributed by atoms with Gasteiger partial charge in [-0.2, -0.15) is 12.6 Å². The van der Waals surface area contributed by atoms with Crippen molar-refractivity contribution >= 4 is 12.6 Å². The molecule has 1 aromatic carbocycles. The minimum Gasteiger partial charge on any atom is -0.496 e. The molecule has 0 aromatic heterocycles. The van der Waals surface area contributed by atoms with E-state index in [0.29, 0.717) is 0 Å². The van der Waals surface area contributed by atoms with E-state index in [9.17, 15) is 0 Å². The van der Waals surface area contributed by atoms with E-state index >= 15 is 0 Å². The summed E-state index contributed by atoms with van der Waals surface area (Å²) >= 11 is 4.22. The second-order valence-corrected chi connectivity index (χ2v) is 5.87. The number of methoxy groups -OCH3 is 1. The number of thiol groups is 1. The zero-order valence-corrected chi connectivity index (χ0v) is 13.0. The van der Waals surface area contributed by atoms with Gasteiger partial charge in [-0.1, -0.05) is 19.9 Å². The molecule has 0 heterocycles. The van der Waals surface area contributed by atoms with Crippen molar-refractivity contribution in [2.24, 2.45) is 0 Å². The largest absolute Gasteiger partial charge is 0.496 e. The molecule has 1 aromatic rings. The summed E-state index contributed by atoms with van der Waals surface area (Å²) in [5.74, 6) is 1.84. The van der Waals surface area contributed by atoms with Crippen LogP contribution in [-0.2, 0) is 5.41 Å². The lowest BCUT2D eigenvalue weighted by molar-refractivity contribution is 0.386. The molecule has 0 unspecified atom stereocenters. The fourth-order valence-corrected chi connectivity index (χ4v) is 2.22. The molecule has 2 nitrogen and oxygen atoms in total. The lowest BCUT2D eigenvalue weighted by atomic mass is 9.82. The molecule has 0 spiro atoms. The first-order chi connectivity index (χ1) is 8.42. The van der Waals surface area contributed by atoms with Crippen molar-refractivity contribution in [2.75, 3.05) is 26.0 Å². The molecule has 18 heavy (non-hydrogen) atoms. The molecule has 0 atom stereocenters. The van der Waals surface area contributed by atoms with E-state index < -0.39 is 0 Å². The molecule has 102 valence electrons. The van der Waals surface area contributed by atoms with Crippen LogP contribution in [0.15, 0.2) is 12.1 Å². The summed E-state index contributed by atoms with van der Waals surface area (Å²) in [7, 11) is 1.74. The van der Waals surface area contributed by atoms with E-state index in [-0.39, 0.29) is 5.41 Å². The zero-order valence-electron chi connectivity index (χ0n) is 12.1. The van der Waals surface area contributed by atoms with Gasteiger partial charge in [0.15, 0.2) is 0 Å². The molecule has 3 heteroatoms. The Morgan fingerprint density at radius 1 is 1.22 bits per heavy atom. The maximum Gasteiger partial charge on any atom is 0.122 e. The quantitative estimate of drug-likeness (QED) is 0.610. The number of rotatable bonds is 6. The SMILES string of the molecule is COc1cc(C)c(C)cc1C(C)(C)CNCCS. The second kappa shape index (κ2) is 6.48. The van der Waals surface area contributed by atoms with Gasteiger partial charge in [-0.15, -0.1) is 0 Å². The molecular formula is C15H25NOS. The Balaban J connectivity index is 3.02. The molecular weight excluding hydrogens is 242 g/mol. The molecule has 0 amide bonds. The van der Waals surface area contributed by atoms with Crippen LogP contribution in [0.1, 0.15) is 30.5 Å². The van der Waals surface area contributed by atoms with E-state index in [1.807, 2.05) is 0 Å². The van der Waals surface area contributed by atoms with Crippen molar-refractivity contribution in [1.82, 2.24) is 5.32 Å². The van der Waals surface area contributed by atoms with Gasteiger partial charge >= 0.3 is 0 Å². The fourth-order valence-electron chi connectivity index (χ4n) is 2.06. The third-order valence-corrected chi connectivity index (χ3v) is 3.62. The maximum absolute atomic E-state index is 5.53. The summed E-state index contributed by atoms with van der Waals surface area (Å²) in [5, 5.41) is 3.43. The highest BCUT2D eigenvalue weighted by atomic mass is 32.1. The molecule has 0 bridgehead atoms. The number of benzene rings is 1. The summed E-state index contributed by atoms with van der Waals surface area (Å²) in [6.07, 6.45) is 0. The Kier molecular flexibility index (Phi) is 5.54. The molecule has 0 aliphatic rings. The number of nitrogens with one attached hydrogen (secondary N) is 1. The van der Waals surface area contributed by atoms with E-state index in [1.165, 1.54) is 16.7 Å². The van der Waals surface area contributed by atoms with Gasteiger partial charge in [0.2, 0.25) is 0 Å². The van der Waals surface area contributed by atoms with Crippen LogP contribution in [0.4, 0.5) is 0 Å². The lowest BCUT2D eigenvalue weighted by Crippen LogP contribution is -2.34. The minimum absolute atomic E-state index is 0.0484. The molecule has 0 aliphatic carbocycles.